The first kappa shape index (κ1) is 14.1. The van der Waals surface area contributed by atoms with Gasteiger partial charge in [0.25, 0.3) is 0 Å². The fourth-order valence-corrected chi connectivity index (χ4v) is 1.79. The normalized spacial score (nSPS) is 11.7. The van der Waals surface area contributed by atoms with Crippen LogP contribution in [0.1, 0.15) is 17.2 Å². The minimum Gasteiger partial charge on any atom is -0.497 e. The first-order valence-electron chi connectivity index (χ1n) is 6.22. The molecule has 0 radical (unpaired) electrons. The first-order chi connectivity index (χ1) is 9.76. The predicted molar refractivity (Wildman–Crippen MR) is 74.8 cm³/mol. The van der Waals surface area contributed by atoms with Crippen molar-refractivity contribution in [1.29, 1.82) is 0 Å². The summed E-state index contributed by atoms with van der Waals surface area (Å²) >= 11 is 0. The van der Waals surface area contributed by atoms with Gasteiger partial charge >= 0.3 is 0 Å². The molecule has 4 nitrogen and oxygen atoms in total. The van der Waals surface area contributed by atoms with E-state index in [9.17, 15) is 4.79 Å². The lowest BCUT2D eigenvalue weighted by atomic mass is 10.1. The molecule has 104 valence electrons. The molecule has 0 aliphatic rings. The Morgan fingerprint density at radius 3 is 2.15 bits per heavy atom. The van der Waals surface area contributed by atoms with Crippen molar-refractivity contribution in [3.05, 3.63) is 59.7 Å². The minimum absolute atomic E-state index is 0.0180. The number of hydrogen-bond acceptors (Lipinski definition) is 4. The lowest BCUT2D eigenvalue weighted by Crippen LogP contribution is -2.08. The number of rotatable bonds is 6. The van der Waals surface area contributed by atoms with Crippen LogP contribution in [0, 0.1) is 0 Å². The third-order valence-corrected chi connectivity index (χ3v) is 2.94. The van der Waals surface area contributed by atoms with Crippen molar-refractivity contribution in [3.8, 4) is 11.5 Å². The summed E-state index contributed by atoms with van der Waals surface area (Å²) in [6.07, 6.45) is 0.0859. The highest BCUT2D eigenvalue weighted by atomic mass is 16.5. The maximum atomic E-state index is 11.2. The fraction of sp³-hybridized carbons (Fsp3) is 0.188. The average molecular weight is 272 g/mol. The van der Waals surface area contributed by atoms with Crippen LogP contribution in [0.4, 0.5) is 0 Å². The van der Waals surface area contributed by atoms with Crippen molar-refractivity contribution in [2.24, 2.45) is 0 Å². The molecule has 1 atom stereocenters. The van der Waals surface area contributed by atoms with Gasteiger partial charge in [-0.1, -0.05) is 24.3 Å². The summed E-state index contributed by atoms with van der Waals surface area (Å²) in [5.41, 5.74) is 1.55. The molecular weight excluding hydrogens is 256 g/mol. The summed E-state index contributed by atoms with van der Waals surface area (Å²) in [5.74, 6) is 1.31. The van der Waals surface area contributed by atoms with Crippen LogP contribution < -0.4 is 9.47 Å². The van der Waals surface area contributed by atoms with E-state index in [-0.39, 0.29) is 6.61 Å². The molecule has 1 unspecified atom stereocenters. The van der Waals surface area contributed by atoms with Crippen LogP contribution in [-0.2, 0) is 11.4 Å². The molecule has 20 heavy (non-hydrogen) atoms. The maximum Gasteiger partial charge on any atom is 0.179 e. The van der Waals surface area contributed by atoms with E-state index in [1.54, 1.807) is 55.6 Å². The molecule has 0 aliphatic carbocycles. The zero-order chi connectivity index (χ0) is 14.4. The molecule has 0 fully saturated rings. The maximum absolute atomic E-state index is 11.2. The third kappa shape index (κ3) is 3.36. The van der Waals surface area contributed by atoms with E-state index >= 15 is 0 Å². The van der Waals surface area contributed by atoms with E-state index in [1.807, 2.05) is 0 Å². The van der Waals surface area contributed by atoms with Gasteiger partial charge in [-0.05, 0) is 35.4 Å². The summed E-state index contributed by atoms with van der Waals surface area (Å²) in [7, 11) is 1.59. The smallest absolute Gasteiger partial charge is 0.179 e. The Kier molecular flexibility index (Phi) is 4.74. The van der Waals surface area contributed by atoms with Gasteiger partial charge in [-0.3, -0.25) is 4.79 Å². The van der Waals surface area contributed by atoms with Gasteiger partial charge in [-0.15, -0.1) is 0 Å². The molecular formula is C16H16O4. The summed E-state index contributed by atoms with van der Waals surface area (Å²) in [5, 5.41) is 8.98. The number of carbonyl (C=O) groups is 1. The first-order valence-corrected chi connectivity index (χ1v) is 6.22. The number of aldehydes is 1. The van der Waals surface area contributed by atoms with Gasteiger partial charge in [0.15, 0.2) is 12.4 Å². The topological polar surface area (TPSA) is 55.8 Å². The number of aliphatic hydroxyl groups excluding tert-OH is 1. The van der Waals surface area contributed by atoms with Crippen LogP contribution in [0.3, 0.4) is 0 Å². The average Bonchev–Trinajstić information content (AvgIpc) is 2.53. The lowest BCUT2D eigenvalue weighted by molar-refractivity contribution is -0.113. The van der Waals surface area contributed by atoms with Gasteiger partial charge in [-0.25, -0.2) is 0 Å². The molecule has 0 saturated heterocycles. The Bertz CT molecular complexity index is 546. The Balaban J connectivity index is 2.12. The number of hydrogen-bond donors (Lipinski definition) is 1. The highest BCUT2D eigenvalue weighted by Gasteiger charge is 2.12. The Labute approximate surface area is 117 Å². The second-order valence-electron chi connectivity index (χ2n) is 4.25. The van der Waals surface area contributed by atoms with Crippen LogP contribution >= 0.6 is 0 Å². The van der Waals surface area contributed by atoms with Crippen LogP contribution in [0.25, 0.3) is 0 Å². The number of ether oxygens (including phenoxy) is 2. The molecule has 0 saturated carbocycles. The monoisotopic (exact) mass is 272 g/mol. The molecule has 2 aromatic carbocycles. The number of aliphatic hydroxyl groups is 1. The van der Waals surface area contributed by atoms with E-state index in [0.29, 0.717) is 5.75 Å². The third-order valence-electron chi connectivity index (χ3n) is 2.94. The highest BCUT2D eigenvalue weighted by molar-refractivity contribution is 5.61. The minimum atomic E-state index is -0.666. The zero-order valence-corrected chi connectivity index (χ0v) is 11.2. The van der Waals surface area contributed by atoms with E-state index in [2.05, 4.69) is 0 Å². The van der Waals surface area contributed by atoms with Crippen LogP contribution in [0.2, 0.25) is 0 Å². The van der Waals surface area contributed by atoms with Crippen LogP contribution in [0.15, 0.2) is 48.5 Å². The molecule has 2 aromatic rings. The number of carbonyl (C=O) groups excluding carboxylic acids is 1. The highest BCUT2D eigenvalue weighted by Crippen LogP contribution is 2.23. The standard InChI is InChI=1S/C16H16O4/c1-19-14-8-4-13(5-9-14)16(11-18)20-15-6-2-12(10-17)3-7-15/h2-9,11,16-17H,10H2,1H3. The van der Waals surface area contributed by atoms with Gasteiger partial charge < -0.3 is 14.6 Å². The zero-order valence-electron chi connectivity index (χ0n) is 11.2. The number of methoxy groups -OCH3 is 1. The number of benzene rings is 2. The molecule has 0 aliphatic heterocycles. The predicted octanol–water partition coefficient (Wildman–Crippen LogP) is 2.51. The van der Waals surface area contributed by atoms with Gasteiger partial charge in [0.05, 0.1) is 13.7 Å². The van der Waals surface area contributed by atoms with Gasteiger partial charge in [0.1, 0.15) is 11.5 Å². The molecule has 4 heteroatoms. The Morgan fingerprint density at radius 1 is 1.05 bits per heavy atom. The van der Waals surface area contributed by atoms with Crippen molar-refractivity contribution in [2.45, 2.75) is 12.7 Å². The van der Waals surface area contributed by atoms with E-state index in [1.165, 1.54) is 0 Å². The van der Waals surface area contributed by atoms with Crippen LogP contribution in [0.5, 0.6) is 11.5 Å². The van der Waals surface area contributed by atoms with E-state index < -0.39 is 6.10 Å². The fourth-order valence-electron chi connectivity index (χ4n) is 1.79. The largest absolute Gasteiger partial charge is 0.497 e. The second kappa shape index (κ2) is 6.73. The van der Waals surface area contributed by atoms with Crippen molar-refractivity contribution < 1.29 is 19.4 Å². The van der Waals surface area contributed by atoms with Gasteiger partial charge in [0.2, 0.25) is 0 Å². The van der Waals surface area contributed by atoms with Gasteiger partial charge in [0, 0.05) is 0 Å². The van der Waals surface area contributed by atoms with Crippen molar-refractivity contribution in [3.63, 3.8) is 0 Å². The molecule has 1 N–H and O–H groups in total. The summed E-state index contributed by atoms with van der Waals surface area (Å²) in [6.45, 7) is -0.0180. The van der Waals surface area contributed by atoms with Gasteiger partial charge in [-0.2, -0.15) is 0 Å². The molecule has 0 amide bonds. The van der Waals surface area contributed by atoms with E-state index in [4.69, 9.17) is 14.6 Å². The van der Waals surface area contributed by atoms with Crippen LogP contribution in [-0.4, -0.2) is 18.5 Å². The summed E-state index contributed by atoms with van der Waals surface area (Å²) in [4.78, 5) is 11.2. The Morgan fingerprint density at radius 2 is 1.65 bits per heavy atom. The molecule has 0 aromatic heterocycles. The Hall–Kier alpha value is -2.33. The van der Waals surface area contributed by atoms with Crippen molar-refractivity contribution in [1.82, 2.24) is 0 Å². The van der Waals surface area contributed by atoms with Crippen molar-refractivity contribution >= 4 is 6.29 Å². The molecule has 0 heterocycles. The molecule has 0 spiro atoms. The summed E-state index contributed by atoms with van der Waals surface area (Å²) in [6, 6.07) is 14.1. The van der Waals surface area contributed by atoms with Crippen molar-refractivity contribution in [2.75, 3.05) is 7.11 Å². The summed E-state index contributed by atoms with van der Waals surface area (Å²) < 4.78 is 10.7. The lowest BCUT2D eigenvalue weighted by Gasteiger charge is -2.14. The van der Waals surface area contributed by atoms with E-state index in [0.717, 1.165) is 23.2 Å². The quantitative estimate of drug-likeness (QED) is 0.821. The molecule has 0 bridgehead atoms. The molecule has 2 rings (SSSR count). The second-order valence-corrected chi connectivity index (χ2v) is 4.25. The SMILES string of the molecule is COc1ccc(C(C=O)Oc2ccc(CO)cc2)cc1.